The molecule has 1 fully saturated rings. The summed E-state index contributed by atoms with van der Waals surface area (Å²) >= 11 is 5.86. The lowest BCUT2D eigenvalue weighted by Crippen LogP contribution is -2.28. The number of nitrogens with two attached hydrogens (primary N) is 1. The lowest BCUT2D eigenvalue weighted by Gasteiger charge is -2.20. The molecular weight excluding hydrogens is 374 g/mol. The minimum atomic E-state index is -4.62. The number of halogens is 5. The highest BCUT2D eigenvalue weighted by atomic mass is 35.5. The summed E-state index contributed by atoms with van der Waals surface area (Å²) in [4.78, 5) is 15.9. The number of aliphatic imine (C=N–C) groups is 1. The Kier molecular flexibility index (Phi) is 6.63. The maximum atomic E-state index is 13.0. The third kappa shape index (κ3) is 5.45. The Bertz CT molecular complexity index is 744. The Balaban J connectivity index is 2.01. The van der Waals surface area contributed by atoms with Crippen molar-refractivity contribution in [3.63, 3.8) is 0 Å². The van der Waals surface area contributed by atoms with Crippen LogP contribution in [0.3, 0.4) is 0 Å². The number of carbonyl (C=O) groups is 1. The molecule has 3 N–H and O–H groups in total. The number of nitrogens with zero attached hydrogens (tertiary/aromatic N) is 1. The van der Waals surface area contributed by atoms with E-state index in [-0.39, 0.29) is 35.8 Å². The number of allylic oxidation sites excluding steroid dienone is 2. The van der Waals surface area contributed by atoms with Crippen LogP contribution in [0.4, 0.5) is 17.6 Å². The number of carbonyl (C=O) groups excluding carboxylic acids is 1. The first-order valence-electron chi connectivity index (χ1n) is 7.98. The molecule has 0 heterocycles. The molecule has 1 amide bonds. The molecule has 1 aliphatic rings. The number of nitrogens with one attached hydrogen (secondary N) is 1. The second-order valence-corrected chi connectivity index (χ2v) is 6.28. The normalized spacial score (nSPS) is 18.7. The third-order valence-corrected chi connectivity index (χ3v) is 4.33. The molecule has 2 rings (SSSR count). The highest BCUT2D eigenvalue weighted by molar-refractivity contribution is 6.31. The summed E-state index contributed by atoms with van der Waals surface area (Å²) in [7, 11) is 0. The highest BCUT2D eigenvalue weighted by Gasteiger charge is 2.35. The van der Waals surface area contributed by atoms with E-state index in [1.165, 1.54) is 12.1 Å². The molecule has 0 spiro atoms. The number of amides is 1. The predicted molar refractivity (Wildman–Crippen MR) is 91.3 cm³/mol. The highest BCUT2D eigenvalue weighted by Crippen LogP contribution is 2.30. The van der Waals surface area contributed by atoms with Gasteiger partial charge in [0.15, 0.2) is 0 Å². The summed E-state index contributed by atoms with van der Waals surface area (Å²) in [6.07, 6.45) is -2.78. The van der Waals surface area contributed by atoms with Crippen molar-refractivity contribution in [1.29, 1.82) is 0 Å². The summed E-state index contributed by atoms with van der Waals surface area (Å²) in [5.41, 5.74) is 4.79. The zero-order valence-electron chi connectivity index (χ0n) is 13.8. The van der Waals surface area contributed by atoms with Gasteiger partial charge in [-0.05, 0) is 43.4 Å². The van der Waals surface area contributed by atoms with Crippen molar-refractivity contribution in [3.05, 3.63) is 45.9 Å². The fraction of sp³-hybridized carbons (Fsp3) is 0.412. The minimum Gasteiger partial charge on any atom is -0.394 e. The summed E-state index contributed by atoms with van der Waals surface area (Å²) < 4.78 is 51.4. The average molecular weight is 392 g/mol. The number of hydrogen-bond acceptors (Lipinski definition) is 3. The molecular formula is C17H18ClF4N3O. The van der Waals surface area contributed by atoms with Gasteiger partial charge in [-0.1, -0.05) is 17.7 Å². The van der Waals surface area contributed by atoms with E-state index >= 15 is 0 Å². The fourth-order valence-corrected chi connectivity index (χ4v) is 2.84. The van der Waals surface area contributed by atoms with Crippen LogP contribution in [0.1, 0.15) is 31.2 Å². The molecule has 0 atom stereocenters. The van der Waals surface area contributed by atoms with Gasteiger partial charge in [0.2, 0.25) is 5.91 Å². The Labute approximate surface area is 153 Å². The van der Waals surface area contributed by atoms with Crippen LogP contribution < -0.4 is 11.1 Å². The van der Waals surface area contributed by atoms with Crippen LogP contribution in [0.25, 0.3) is 0 Å². The second-order valence-electron chi connectivity index (χ2n) is 5.87. The smallest absolute Gasteiger partial charge is 0.394 e. The maximum absolute atomic E-state index is 13.0. The van der Waals surface area contributed by atoms with E-state index in [4.69, 9.17) is 17.3 Å². The molecule has 1 saturated carbocycles. The molecule has 0 bridgehead atoms. The first-order chi connectivity index (χ1) is 12.2. The van der Waals surface area contributed by atoms with Crippen molar-refractivity contribution >= 4 is 23.2 Å². The van der Waals surface area contributed by atoms with Crippen molar-refractivity contribution < 1.29 is 22.4 Å². The monoisotopic (exact) mass is 391 g/mol. The van der Waals surface area contributed by atoms with E-state index in [1.54, 1.807) is 0 Å². The molecule has 142 valence electrons. The van der Waals surface area contributed by atoms with Gasteiger partial charge in [0, 0.05) is 22.9 Å². The van der Waals surface area contributed by atoms with Crippen LogP contribution in [0.2, 0.25) is 5.02 Å². The summed E-state index contributed by atoms with van der Waals surface area (Å²) in [6, 6.07) is 3.78. The Morgan fingerprint density at radius 1 is 1.27 bits per heavy atom. The number of hydrogen-bond donors (Lipinski definition) is 2. The maximum Gasteiger partial charge on any atom is 0.431 e. The van der Waals surface area contributed by atoms with Crippen LogP contribution >= 0.6 is 11.6 Å². The third-order valence-electron chi connectivity index (χ3n) is 3.97. The first-order valence-corrected chi connectivity index (χ1v) is 8.36. The number of rotatable bonds is 4. The van der Waals surface area contributed by atoms with Crippen LogP contribution in [0.5, 0.6) is 0 Å². The van der Waals surface area contributed by atoms with Gasteiger partial charge in [-0.2, -0.15) is 13.2 Å². The van der Waals surface area contributed by atoms with Crippen molar-refractivity contribution in [2.45, 2.75) is 38.4 Å². The van der Waals surface area contributed by atoms with Crippen molar-refractivity contribution in [1.82, 2.24) is 5.32 Å². The largest absolute Gasteiger partial charge is 0.431 e. The molecule has 1 aromatic carbocycles. The van der Waals surface area contributed by atoms with Crippen LogP contribution in [0, 0.1) is 5.82 Å². The minimum absolute atomic E-state index is 0.0295. The molecule has 1 aromatic rings. The van der Waals surface area contributed by atoms with Crippen molar-refractivity contribution in [2.24, 2.45) is 10.7 Å². The second kappa shape index (κ2) is 8.53. The molecule has 26 heavy (non-hydrogen) atoms. The molecule has 0 radical (unpaired) electrons. The van der Waals surface area contributed by atoms with Gasteiger partial charge in [-0.15, -0.1) is 0 Å². The van der Waals surface area contributed by atoms with Crippen molar-refractivity contribution in [3.8, 4) is 0 Å². The van der Waals surface area contributed by atoms with Gasteiger partial charge in [-0.3, -0.25) is 9.79 Å². The Hall–Kier alpha value is -2.09. The van der Waals surface area contributed by atoms with E-state index in [1.807, 2.05) is 0 Å². The molecule has 0 unspecified atom stereocenters. The lowest BCUT2D eigenvalue weighted by molar-refractivity contribution is -0.119. The van der Waals surface area contributed by atoms with Gasteiger partial charge in [0.05, 0.1) is 0 Å². The standard InChI is InChI=1S/C17H18ClF4N3O/c18-13-7-11(19)6-5-10(13)8-25-15(26)9-24-14-4-2-1-3-12(14)16(23)17(20,21)22/h5-7H,1-4,8-9,23H2,(H,25,26). The predicted octanol–water partition coefficient (Wildman–Crippen LogP) is 3.89. The van der Waals surface area contributed by atoms with E-state index in [0.717, 1.165) is 6.07 Å². The van der Waals surface area contributed by atoms with Gasteiger partial charge in [0.25, 0.3) is 0 Å². The van der Waals surface area contributed by atoms with E-state index < -0.39 is 23.6 Å². The molecule has 0 aliphatic heterocycles. The molecule has 4 nitrogen and oxygen atoms in total. The topological polar surface area (TPSA) is 67.5 Å². The summed E-state index contributed by atoms with van der Waals surface area (Å²) in [6.45, 7) is -0.251. The van der Waals surface area contributed by atoms with Gasteiger partial charge in [-0.25, -0.2) is 4.39 Å². The number of benzene rings is 1. The zero-order chi connectivity index (χ0) is 19.3. The zero-order valence-corrected chi connectivity index (χ0v) is 14.6. The molecule has 9 heteroatoms. The molecule has 0 aromatic heterocycles. The SMILES string of the molecule is NC(=C1CCCCC1=NCC(=O)NCc1ccc(F)cc1Cl)C(F)(F)F. The molecule has 1 aliphatic carbocycles. The Morgan fingerprint density at radius 2 is 1.96 bits per heavy atom. The van der Waals surface area contributed by atoms with Crippen LogP contribution in [0.15, 0.2) is 34.5 Å². The Morgan fingerprint density at radius 3 is 2.62 bits per heavy atom. The van der Waals surface area contributed by atoms with E-state index in [0.29, 0.717) is 24.8 Å². The quantitative estimate of drug-likeness (QED) is 0.765. The fourth-order valence-electron chi connectivity index (χ4n) is 2.61. The lowest BCUT2D eigenvalue weighted by atomic mass is 9.91. The van der Waals surface area contributed by atoms with E-state index in [9.17, 15) is 22.4 Å². The average Bonchev–Trinajstić information content (AvgIpc) is 2.58. The van der Waals surface area contributed by atoms with E-state index in [2.05, 4.69) is 10.3 Å². The molecule has 0 saturated heterocycles. The first kappa shape index (κ1) is 20.2. The summed E-state index contributed by atoms with van der Waals surface area (Å²) in [5, 5.41) is 2.72. The summed E-state index contributed by atoms with van der Waals surface area (Å²) in [5.74, 6) is -0.969. The van der Waals surface area contributed by atoms with Gasteiger partial charge < -0.3 is 11.1 Å². The van der Waals surface area contributed by atoms with Crippen LogP contribution in [-0.2, 0) is 11.3 Å². The number of alkyl halides is 3. The van der Waals surface area contributed by atoms with Gasteiger partial charge in [0.1, 0.15) is 18.1 Å². The van der Waals surface area contributed by atoms with Crippen molar-refractivity contribution in [2.75, 3.05) is 6.54 Å². The van der Waals surface area contributed by atoms with Gasteiger partial charge >= 0.3 is 6.18 Å². The van der Waals surface area contributed by atoms with Crippen LogP contribution in [-0.4, -0.2) is 24.3 Å².